The fourth-order valence-corrected chi connectivity index (χ4v) is 4.42. The second-order valence-electron chi connectivity index (χ2n) is 8.14. The number of nitrogens with zero attached hydrogens (tertiary/aromatic N) is 2. The highest BCUT2D eigenvalue weighted by Gasteiger charge is 2.16. The molecule has 2 heterocycles. The van der Waals surface area contributed by atoms with Crippen molar-refractivity contribution in [3.8, 4) is 33.9 Å². The number of likely N-dealkylation sites (tertiary alicyclic amines) is 1. The van der Waals surface area contributed by atoms with Crippen LogP contribution in [-0.4, -0.2) is 45.9 Å². The van der Waals surface area contributed by atoms with Gasteiger partial charge < -0.3 is 19.5 Å². The lowest BCUT2D eigenvalue weighted by Crippen LogP contribution is -2.33. The molecule has 1 aliphatic rings. The van der Waals surface area contributed by atoms with Gasteiger partial charge in [-0.05, 0) is 92.0 Å². The van der Waals surface area contributed by atoms with Crippen molar-refractivity contribution in [1.29, 1.82) is 0 Å². The third-order valence-corrected chi connectivity index (χ3v) is 6.11. The zero-order valence-corrected chi connectivity index (χ0v) is 18.3. The number of piperidine rings is 1. The van der Waals surface area contributed by atoms with Crippen LogP contribution < -0.4 is 4.74 Å². The van der Waals surface area contributed by atoms with Gasteiger partial charge in [-0.25, -0.2) is 0 Å². The number of aromatic nitrogens is 1. The molecule has 1 aromatic heterocycles. The van der Waals surface area contributed by atoms with Crippen molar-refractivity contribution < 1.29 is 14.9 Å². The number of ether oxygens (including phenoxy) is 1. The van der Waals surface area contributed by atoms with Crippen LogP contribution in [0.4, 0.5) is 0 Å². The van der Waals surface area contributed by atoms with E-state index in [4.69, 9.17) is 4.74 Å². The normalized spacial score (nSPS) is 14.6. The first-order valence-corrected chi connectivity index (χ1v) is 11.3. The van der Waals surface area contributed by atoms with Crippen LogP contribution in [0.2, 0.25) is 0 Å². The van der Waals surface area contributed by atoms with Crippen LogP contribution in [0.5, 0.6) is 11.5 Å². The number of aliphatic hydroxyl groups excluding tert-OH is 1. The molecule has 0 unspecified atom stereocenters. The molecule has 1 saturated heterocycles. The molecule has 164 valence electrons. The summed E-state index contributed by atoms with van der Waals surface area (Å²) in [6.45, 7) is 6.83. The second-order valence-corrected chi connectivity index (χ2v) is 8.14. The Morgan fingerprint density at radius 1 is 0.935 bits per heavy atom. The van der Waals surface area contributed by atoms with Crippen LogP contribution in [0, 0.1) is 0 Å². The molecule has 5 heteroatoms. The number of phenolic OH excluding ortho intramolecular Hbond substituents is 1. The Balaban J connectivity index is 1.57. The van der Waals surface area contributed by atoms with Gasteiger partial charge in [-0.1, -0.05) is 12.5 Å². The molecule has 1 aliphatic heterocycles. The summed E-state index contributed by atoms with van der Waals surface area (Å²) in [5.74, 6) is 1.05. The Morgan fingerprint density at radius 3 is 2.42 bits per heavy atom. The van der Waals surface area contributed by atoms with Gasteiger partial charge in [0.25, 0.3) is 0 Å². The monoisotopic (exact) mass is 420 g/mol. The van der Waals surface area contributed by atoms with Crippen LogP contribution in [0.25, 0.3) is 22.4 Å². The molecule has 0 amide bonds. The average Bonchev–Trinajstić information content (AvgIpc) is 3.24. The zero-order chi connectivity index (χ0) is 21.6. The van der Waals surface area contributed by atoms with E-state index in [9.17, 15) is 10.2 Å². The number of aryl methyl sites for hydroxylation is 1. The Hall–Kier alpha value is -2.76. The molecule has 5 nitrogen and oxygen atoms in total. The predicted octanol–water partition coefficient (Wildman–Crippen LogP) is 4.90. The van der Waals surface area contributed by atoms with E-state index in [-0.39, 0.29) is 12.4 Å². The standard InChI is InChI=1S/C26H32N2O3/c1-2-28-15-12-25(26(28)20-6-8-22(30)9-7-20)24-11-10-23(18-21(24)19-29)31-17-16-27-13-4-3-5-14-27/h6-12,15,18,29-30H,2-5,13-14,16-17,19H2,1H3. The molecule has 0 aliphatic carbocycles. The smallest absolute Gasteiger partial charge is 0.119 e. The van der Waals surface area contributed by atoms with Crippen LogP contribution in [0.3, 0.4) is 0 Å². The molecule has 3 aromatic rings. The third-order valence-electron chi connectivity index (χ3n) is 6.11. The van der Waals surface area contributed by atoms with Crippen molar-refractivity contribution in [2.24, 2.45) is 0 Å². The van der Waals surface area contributed by atoms with Gasteiger partial charge in [0.1, 0.15) is 18.1 Å². The molecular formula is C26H32N2O3. The summed E-state index contributed by atoms with van der Waals surface area (Å²) in [5, 5.41) is 19.8. The lowest BCUT2D eigenvalue weighted by molar-refractivity contribution is 0.183. The molecule has 31 heavy (non-hydrogen) atoms. The minimum atomic E-state index is -0.0506. The van der Waals surface area contributed by atoms with Gasteiger partial charge in [0.05, 0.1) is 12.3 Å². The average molecular weight is 421 g/mol. The number of aromatic hydroxyl groups is 1. The first-order valence-electron chi connectivity index (χ1n) is 11.3. The van der Waals surface area contributed by atoms with Gasteiger partial charge in [-0.15, -0.1) is 0 Å². The van der Waals surface area contributed by atoms with Crippen molar-refractivity contribution in [3.63, 3.8) is 0 Å². The van der Waals surface area contributed by atoms with Gasteiger partial charge in [-0.2, -0.15) is 0 Å². The summed E-state index contributed by atoms with van der Waals surface area (Å²) >= 11 is 0. The summed E-state index contributed by atoms with van der Waals surface area (Å²) < 4.78 is 8.20. The summed E-state index contributed by atoms with van der Waals surface area (Å²) in [5.41, 5.74) is 5.03. The number of hydrogen-bond donors (Lipinski definition) is 2. The summed E-state index contributed by atoms with van der Waals surface area (Å²) in [6.07, 6.45) is 5.97. The molecule has 0 spiro atoms. The van der Waals surface area contributed by atoms with Crippen molar-refractivity contribution in [3.05, 3.63) is 60.3 Å². The highest BCUT2D eigenvalue weighted by atomic mass is 16.5. The quantitative estimate of drug-likeness (QED) is 0.544. The minimum Gasteiger partial charge on any atom is -0.508 e. The second kappa shape index (κ2) is 10.0. The first kappa shape index (κ1) is 21.5. The largest absolute Gasteiger partial charge is 0.508 e. The van der Waals surface area contributed by atoms with Gasteiger partial charge >= 0.3 is 0 Å². The van der Waals surface area contributed by atoms with Crippen molar-refractivity contribution in [2.45, 2.75) is 39.3 Å². The number of rotatable bonds is 8. The summed E-state index contributed by atoms with van der Waals surface area (Å²) in [7, 11) is 0. The van der Waals surface area contributed by atoms with Gasteiger partial charge in [0.15, 0.2) is 0 Å². The van der Waals surface area contributed by atoms with Gasteiger partial charge in [0, 0.05) is 24.8 Å². The van der Waals surface area contributed by atoms with Gasteiger partial charge in [-0.3, -0.25) is 4.90 Å². The van der Waals surface area contributed by atoms with Crippen molar-refractivity contribution in [2.75, 3.05) is 26.2 Å². The Morgan fingerprint density at radius 2 is 1.71 bits per heavy atom. The van der Waals surface area contributed by atoms with Crippen LogP contribution in [0.1, 0.15) is 31.7 Å². The zero-order valence-electron chi connectivity index (χ0n) is 18.3. The van der Waals surface area contributed by atoms with Crippen LogP contribution in [-0.2, 0) is 13.2 Å². The topological polar surface area (TPSA) is 57.9 Å². The predicted molar refractivity (Wildman–Crippen MR) is 124 cm³/mol. The SMILES string of the molecule is CCn1ccc(-c2ccc(OCCN3CCCCC3)cc2CO)c1-c1ccc(O)cc1. The van der Waals surface area contributed by atoms with E-state index in [1.54, 1.807) is 12.1 Å². The number of phenols is 1. The number of hydrogen-bond acceptors (Lipinski definition) is 4. The van der Waals surface area contributed by atoms with Crippen LogP contribution >= 0.6 is 0 Å². The Kier molecular flexibility index (Phi) is 6.95. The van der Waals surface area contributed by atoms with E-state index in [0.29, 0.717) is 6.61 Å². The van der Waals surface area contributed by atoms with E-state index < -0.39 is 0 Å². The van der Waals surface area contributed by atoms with Crippen LogP contribution in [0.15, 0.2) is 54.7 Å². The maximum Gasteiger partial charge on any atom is 0.119 e. The molecular weight excluding hydrogens is 388 g/mol. The molecule has 4 rings (SSSR count). The Labute approximate surface area is 184 Å². The fraction of sp³-hybridized carbons (Fsp3) is 0.385. The third kappa shape index (κ3) is 4.94. The number of aliphatic hydroxyl groups is 1. The summed E-state index contributed by atoms with van der Waals surface area (Å²) in [6, 6.07) is 15.4. The summed E-state index contributed by atoms with van der Waals surface area (Å²) in [4.78, 5) is 2.46. The lowest BCUT2D eigenvalue weighted by Gasteiger charge is -2.26. The Bertz CT molecular complexity index is 988. The number of benzene rings is 2. The van der Waals surface area contributed by atoms with E-state index in [2.05, 4.69) is 28.7 Å². The molecule has 2 N–H and O–H groups in total. The molecule has 1 fully saturated rings. The van der Waals surface area contributed by atoms with E-state index in [1.165, 1.54) is 32.4 Å². The molecule has 0 saturated carbocycles. The highest BCUT2D eigenvalue weighted by molar-refractivity contribution is 5.83. The van der Waals surface area contributed by atoms with Crippen molar-refractivity contribution in [1.82, 2.24) is 9.47 Å². The molecule has 0 bridgehead atoms. The van der Waals surface area contributed by atoms with E-state index >= 15 is 0 Å². The maximum absolute atomic E-state index is 10.1. The minimum absolute atomic E-state index is 0.0506. The van der Waals surface area contributed by atoms with E-state index in [1.807, 2.05) is 30.3 Å². The fourth-order valence-electron chi connectivity index (χ4n) is 4.42. The van der Waals surface area contributed by atoms with Crippen molar-refractivity contribution >= 4 is 0 Å². The first-order chi connectivity index (χ1) is 15.2. The highest BCUT2D eigenvalue weighted by Crippen LogP contribution is 2.37. The molecule has 0 atom stereocenters. The van der Waals surface area contributed by atoms with Gasteiger partial charge in [0.2, 0.25) is 0 Å². The molecule has 0 radical (unpaired) electrons. The van der Waals surface area contributed by atoms with E-state index in [0.717, 1.165) is 46.8 Å². The molecule has 2 aromatic carbocycles. The maximum atomic E-state index is 10.1. The lowest BCUT2D eigenvalue weighted by atomic mass is 9.97.